The van der Waals surface area contributed by atoms with Gasteiger partial charge < -0.3 is 15.0 Å². The average Bonchev–Trinajstić information content (AvgIpc) is 2.71. The van der Waals surface area contributed by atoms with Crippen LogP contribution in [0.4, 0.5) is 0 Å². The molecular formula is C13H21N3O. The van der Waals surface area contributed by atoms with Crippen LogP contribution in [0.3, 0.4) is 0 Å². The molecular weight excluding hydrogens is 214 g/mol. The van der Waals surface area contributed by atoms with E-state index in [0.717, 1.165) is 38.2 Å². The highest BCUT2D eigenvalue weighted by Crippen LogP contribution is 2.19. The topological polar surface area (TPSA) is 53.1 Å². The number of aromatic nitrogens is 2. The maximum atomic E-state index is 5.97. The number of rotatable bonds is 2. The molecule has 0 radical (unpaired) electrons. The van der Waals surface area contributed by atoms with Gasteiger partial charge in [0.1, 0.15) is 5.82 Å². The van der Waals surface area contributed by atoms with Crippen molar-refractivity contribution in [1.29, 1.82) is 0 Å². The van der Waals surface area contributed by atoms with Crippen molar-refractivity contribution >= 4 is 0 Å². The van der Waals surface area contributed by atoms with Gasteiger partial charge in [-0.3, -0.25) is 0 Å². The highest BCUT2D eigenvalue weighted by molar-refractivity contribution is 5.09. The van der Waals surface area contributed by atoms with Gasteiger partial charge in [0.25, 0.3) is 0 Å². The lowest BCUT2D eigenvalue weighted by Crippen LogP contribution is -2.30. The highest BCUT2D eigenvalue weighted by atomic mass is 16.5. The lowest BCUT2D eigenvalue weighted by molar-refractivity contribution is 0.0163. The van der Waals surface area contributed by atoms with Crippen molar-refractivity contribution in [1.82, 2.24) is 9.55 Å². The molecule has 0 amide bonds. The van der Waals surface area contributed by atoms with E-state index < -0.39 is 0 Å². The molecule has 0 spiro atoms. The van der Waals surface area contributed by atoms with Gasteiger partial charge in [0.15, 0.2) is 0 Å². The molecule has 1 saturated heterocycles. The molecule has 94 valence electrons. The number of fused-ring (bicyclic) bond motifs is 1. The number of nitrogens with zero attached hydrogens (tertiary/aromatic N) is 2. The Hall–Kier alpha value is -0.870. The predicted molar refractivity (Wildman–Crippen MR) is 65.8 cm³/mol. The lowest BCUT2D eigenvalue weighted by atomic mass is 10.1. The predicted octanol–water partition coefficient (Wildman–Crippen LogP) is 1.27. The molecule has 1 aromatic heterocycles. The molecule has 2 aliphatic rings. The molecule has 2 atom stereocenters. The van der Waals surface area contributed by atoms with Crippen LogP contribution in [0, 0.1) is 0 Å². The molecule has 17 heavy (non-hydrogen) atoms. The third kappa shape index (κ3) is 2.53. The van der Waals surface area contributed by atoms with Gasteiger partial charge in [-0.15, -0.1) is 0 Å². The Labute approximate surface area is 102 Å². The maximum Gasteiger partial charge on any atom is 0.110 e. The van der Waals surface area contributed by atoms with E-state index in [1.54, 1.807) is 0 Å². The number of nitrogens with two attached hydrogens (primary N) is 1. The molecule has 0 aromatic carbocycles. The monoisotopic (exact) mass is 235 g/mol. The Morgan fingerprint density at radius 3 is 3.18 bits per heavy atom. The summed E-state index contributed by atoms with van der Waals surface area (Å²) in [6, 6.07) is 0.295. The van der Waals surface area contributed by atoms with Crippen LogP contribution in [-0.4, -0.2) is 28.3 Å². The van der Waals surface area contributed by atoms with Crippen molar-refractivity contribution in [3.8, 4) is 0 Å². The second-order valence-electron chi connectivity index (χ2n) is 5.29. The van der Waals surface area contributed by atoms with E-state index in [4.69, 9.17) is 15.5 Å². The first-order valence-corrected chi connectivity index (χ1v) is 6.73. The fraction of sp³-hybridized carbons (Fsp3) is 0.769. The Balaban J connectivity index is 1.67. The Morgan fingerprint density at radius 1 is 1.41 bits per heavy atom. The van der Waals surface area contributed by atoms with E-state index in [9.17, 15) is 0 Å². The fourth-order valence-electron chi connectivity index (χ4n) is 2.81. The fourth-order valence-corrected chi connectivity index (χ4v) is 2.81. The highest BCUT2D eigenvalue weighted by Gasteiger charge is 2.20. The number of hydrogen-bond donors (Lipinski definition) is 1. The summed E-state index contributed by atoms with van der Waals surface area (Å²) in [5.41, 5.74) is 7.15. The summed E-state index contributed by atoms with van der Waals surface area (Å²) < 4.78 is 8.03. The minimum atomic E-state index is 0.295. The first-order chi connectivity index (χ1) is 8.31. The standard InChI is InChI=1S/C13H21N3O/c14-10-4-5-16-9-11(15-13(16)7-10)8-12-3-1-2-6-17-12/h9-10,12H,1-8,14H2. The zero-order valence-electron chi connectivity index (χ0n) is 10.3. The summed E-state index contributed by atoms with van der Waals surface area (Å²) in [5.74, 6) is 1.16. The average molecular weight is 235 g/mol. The summed E-state index contributed by atoms with van der Waals surface area (Å²) in [7, 11) is 0. The van der Waals surface area contributed by atoms with Crippen molar-refractivity contribution < 1.29 is 4.74 Å². The van der Waals surface area contributed by atoms with Crippen LogP contribution in [-0.2, 0) is 24.1 Å². The minimum Gasteiger partial charge on any atom is -0.378 e. The van der Waals surface area contributed by atoms with E-state index in [-0.39, 0.29) is 0 Å². The molecule has 4 heteroatoms. The zero-order valence-corrected chi connectivity index (χ0v) is 10.3. The van der Waals surface area contributed by atoms with E-state index in [0.29, 0.717) is 12.1 Å². The molecule has 1 aromatic rings. The minimum absolute atomic E-state index is 0.295. The van der Waals surface area contributed by atoms with Crippen LogP contribution in [0.1, 0.15) is 37.2 Å². The zero-order chi connectivity index (χ0) is 11.7. The van der Waals surface area contributed by atoms with Crippen molar-refractivity contribution in [2.75, 3.05) is 6.61 Å². The summed E-state index contributed by atoms with van der Waals surface area (Å²) in [4.78, 5) is 4.70. The molecule has 2 aliphatic heterocycles. The first kappa shape index (κ1) is 11.2. The molecule has 1 fully saturated rings. The Bertz CT molecular complexity index is 382. The van der Waals surface area contributed by atoms with Gasteiger partial charge in [-0.1, -0.05) is 0 Å². The molecule has 2 unspecified atom stereocenters. The molecule has 2 N–H and O–H groups in total. The molecule has 4 nitrogen and oxygen atoms in total. The smallest absolute Gasteiger partial charge is 0.110 e. The maximum absolute atomic E-state index is 5.97. The van der Waals surface area contributed by atoms with E-state index in [2.05, 4.69) is 10.8 Å². The number of imidazole rings is 1. The van der Waals surface area contributed by atoms with Gasteiger partial charge in [0.05, 0.1) is 11.8 Å². The van der Waals surface area contributed by atoms with Gasteiger partial charge in [0.2, 0.25) is 0 Å². The second kappa shape index (κ2) is 4.78. The molecule has 3 rings (SSSR count). The Morgan fingerprint density at radius 2 is 2.35 bits per heavy atom. The van der Waals surface area contributed by atoms with Crippen molar-refractivity contribution in [2.45, 2.75) is 57.2 Å². The van der Waals surface area contributed by atoms with Crippen molar-refractivity contribution in [3.63, 3.8) is 0 Å². The number of hydrogen-bond acceptors (Lipinski definition) is 3. The third-order valence-corrected chi connectivity index (χ3v) is 3.81. The van der Waals surface area contributed by atoms with Crippen molar-refractivity contribution in [3.05, 3.63) is 17.7 Å². The quantitative estimate of drug-likeness (QED) is 0.840. The van der Waals surface area contributed by atoms with Crippen molar-refractivity contribution in [2.24, 2.45) is 5.73 Å². The number of ether oxygens (including phenoxy) is 1. The SMILES string of the molecule is NC1CCn2cc(CC3CCCCO3)nc2C1. The summed E-state index contributed by atoms with van der Waals surface area (Å²) in [5, 5.41) is 0. The first-order valence-electron chi connectivity index (χ1n) is 6.73. The summed E-state index contributed by atoms with van der Waals surface area (Å²) in [6.45, 7) is 1.94. The molecule has 0 aliphatic carbocycles. The lowest BCUT2D eigenvalue weighted by Gasteiger charge is -2.21. The van der Waals surface area contributed by atoms with E-state index in [1.165, 1.54) is 25.0 Å². The van der Waals surface area contributed by atoms with Gasteiger partial charge in [-0.05, 0) is 25.7 Å². The Kier molecular flexibility index (Phi) is 3.16. The second-order valence-corrected chi connectivity index (χ2v) is 5.29. The van der Waals surface area contributed by atoms with Crippen LogP contribution >= 0.6 is 0 Å². The van der Waals surface area contributed by atoms with Crippen LogP contribution < -0.4 is 5.73 Å². The normalized spacial score (nSPS) is 29.0. The molecule has 3 heterocycles. The van der Waals surface area contributed by atoms with Gasteiger partial charge in [-0.2, -0.15) is 0 Å². The van der Waals surface area contributed by atoms with Crippen LogP contribution in [0.25, 0.3) is 0 Å². The van der Waals surface area contributed by atoms with Crippen LogP contribution in [0.5, 0.6) is 0 Å². The van der Waals surface area contributed by atoms with Gasteiger partial charge in [0, 0.05) is 38.2 Å². The van der Waals surface area contributed by atoms with Gasteiger partial charge >= 0.3 is 0 Å². The molecule has 0 saturated carbocycles. The van der Waals surface area contributed by atoms with E-state index in [1.807, 2.05) is 0 Å². The largest absolute Gasteiger partial charge is 0.378 e. The van der Waals surface area contributed by atoms with Gasteiger partial charge in [-0.25, -0.2) is 4.98 Å². The third-order valence-electron chi connectivity index (χ3n) is 3.81. The summed E-state index contributed by atoms with van der Waals surface area (Å²) >= 11 is 0. The number of aryl methyl sites for hydroxylation is 1. The van der Waals surface area contributed by atoms with E-state index >= 15 is 0 Å². The van der Waals surface area contributed by atoms with Crippen LogP contribution in [0.15, 0.2) is 6.20 Å². The molecule has 0 bridgehead atoms. The summed E-state index contributed by atoms with van der Waals surface area (Å²) in [6.07, 6.45) is 9.23. The van der Waals surface area contributed by atoms with Crippen LogP contribution in [0.2, 0.25) is 0 Å².